The van der Waals surface area contributed by atoms with Gasteiger partial charge in [-0.3, -0.25) is 9.59 Å². The number of cyclic esters (lactones) is 2. The third-order valence-electron chi connectivity index (χ3n) is 7.96. The van der Waals surface area contributed by atoms with Crippen molar-refractivity contribution < 1.29 is 43.2 Å². The van der Waals surface area contributed by atoms with E-state index in [-0.39, 0.29) is 69.0 Å². The Labute approximate surface area is 265 Å². The Hall–Kier alpha value is -3.80. The molecular formula is C34H46N2O9. The molecule has 0 aliphatic carbocycles. The first-order valence-corrected chi connectivity index (χ1v) is 15.3. The number of hydrogen-bond acceptors (Lipinski definition) is 9. The summed E-state index contributed by atoms with van der Waals surface area (Å²) in [5, 5.41) is 9.39. The van der Waals surface area contributed by atoms with Gasteiger partial charge in [-0.05, 0) is 35.8 Å². The Kier molecular flexibility index (Phi) is 14.0. The van der Waals surface area contributed by atoms with Crippen molar-refractivity contribution in [1.82, 2.24) is 9.80 Å². The lowest BCUT2D eigenvalue weighted by Gasteiger charge is -2.27. The highest BCUT2D eigenvalue weighted by Crippen LogP contribution is 2.24. The lowest BCUT2D eigenvalue weighted by molar-refractivity contribution is -0.139. The Morgan fingerprint density at radius 1 is 0.778 bits per heavy atom. The van der Waals surface area contributed by atoms with Gasteiger partial charge < -0.3 is 24.1 Å². The maximum absolute atomic E-state index is 12.9. The summed E-state index contributed by atoms with van der Waals surface area (Å²) >= 11 is 0. The molecule has 2 aliphatic rings. The van der Waals surface area contributed by atoms with E-state index in [1.165, 1.54) is 16.9 Å². The summed E-state index contributed by atoms with van der Waals surface area (Å²) in [6.07, 6.45) is -0.0326. The molecule has 4 rings (SSSR count). The molecule has 2 heterocycles. The van der Waals surface area contributed by atoms with E-state index in [2.05, 4.69) is 0 Å². The number of hydrogen-bond donors (Lipinski definition) is 1. The molecule has 2 saturated heterocycles. The van der Waals surface area contributed by atoms with Crippen LogP contribution >= 0.6 is 0 Å². The molecular weight excluding hydrogens is 580 g/mol. The molecule has 11 nitrogen and oxygen atoms in total. The fraction of sp³-hybridized carbons (Fsp3) is 0.529. The van der Waals surface area contributed by atoms with E-state index in [4.69, 9.17) is 18.9 Å². The lowest BCUT2D eigenvalue weighted by Crippen LogP contribution is -2.46. The Morgan fingerprint density at radius 3 is 1.58 bits per heavy atom. The SMILES string of the molecule is CC(C)[C@@H](CO)C(=O)N1C(=O)OC[C@H]1Cc1ccccc1.COCOC[C@@H](C(=O)N1C(=O)OC[C@H]1Cc1ccccc1)C(C)C. The Bertz CT molecular complexity index is 1240. The van der Waals surface area contributed by atoms with E-state index in [1.807, 2.05) is 88.4 Å². The molecule has 11 heteroatoms. The van der Waals surface area contributed by atoms with Gasteiger partial charge in [0, 0.05) is 7.11 Å². The second-order valence-electron chi connectivity index (χ2n) is 11.9. The van der Waals surface area contributed by atoms with E-state index in [1.54, 1.807) is 0 Å². The van der Waals surface area contributed by atoms with Crippen LogP contribution in [0.3, 0.4) is 0 Å². The molecule has 0 saturated carbocycles. The molecule has 0 aromatic heterocycles. The zero-order valence-corrected chi connectivity index (χ0v) is 26.8. The van der Waals surface area contributed by atoms with E-state index in [0.29, 0.717) is 12.8 Å². The minimum atomic E-state index is -0.611. The molecule has 2 aromatic rings. The average Bonchev–Trinajstić information content (AvgIpc) is 3.57. The second kappa shape index (κ2) is 17.6. The van der Waals surface area contributed by atoms with Gasteiger partial charge in [0.15, 0.2) is 0 Å². The van der Waals surface area contributed by atoms with Gasteiger partial charge in [0.1, 0.15) is 20.0 Å². The summed E-state index contributed by atoms with van der Waals surface area (Å²) in [7, 11) is 1.53. The quantitative estimate of drug-likeness (QED) is 0.255. The lowest BCUT2D eigenvalue weighted by atomic mass is 9.94. The molecule has 0 unspecified atom stereocenters. The van der Waals surface area contributed by atoms with E-state index in [0.717, 1.165) is 11.1 Å². The van der Waals surface area contributed by atoms with Gasteiger partial charge in [-0.2, -0.15) is 0 Å². The van der Waals surface area contributed by atoms with Crippen molar-refractivity contribution in [3.05, 3.63) is 71.8 Å². The van der Waals surface area contributed by atoms with Crippen molar-refractivity contribution in [1.29, 1.82) is 0 Å². The van der Waals surface area contributed by atoms with Crippen LogP contribution in [0, 0.1) is 23.7 Å². The Balaban J connectivity index is 0.000000248. The Morgan fingerprint density at radius 2 is 1.20 bits per heavy atom. The number of rotatable bonds is 13. The normalized spacial score (nSPS) is 19.2. The molecule has 2 fully saturated rings. The van der Waals surface area contributed by atoms with Crippen LogP contribution in [0.5, 0.6) is 0 Å². The van der Waals surface area contributed by atoms with Crippen molar-refractivity contribution >= 4 is 24.0 Å². The predicted molar refractivity (Wildman–Crippen MR) is 166 cm³/mol. The summed E-state index contributed by atoms with van der Waals surface area (Å²) in [6.45, 7) is 8.08. The molecule has 4 amide bonds. The van der Waals surface area contributed by atoms with Crippen molar-refractivity contribution in [2.45, 2.75) is 52.6 Å². The zero-order chi connectivity index (χ0) is 32.9. The largest absolute Gasteiger partial charge is 0.447 e. The zero-order valence-electron chi connectivity index (χ0n) is 26.8. The van der Waals surface area contributed by atoms with Crippen LogP contribution in [0.4, 0.5) is 9.59 Å². The summed E-state index contributed by atoms with van der Waals surface area (Å²) in [5.74, 6) is -1.58. The first kappa shape index (κ1) is 35.7. The summed E-state index contributed by atoms with van der Waals surface area (Å²) in [6, 6.07) is 18.9. The molecule has 0 spiro atoms. The van der Waals surface area contributed by atoms with Crippen LogP contribution in [0.2, 0.25) is 0 Å². The van der Waals surface area contributed by atoms with Crippen LogP contribution in [0.25, 0.3) is 0 Å². The summed E-state index contributed by atoms with van der Waals surface area (Å²) in [5.41, 5.74) is 2.11. The minimum absolute atomic E-state index is 0.0340. The van der Waals surface area contributed by atoms with Crippen LogP contribution < -0.4 is 0 Å². The van der Waals surface area contributed by atoms with Gasteiger partial charge in [-0.15, -0.1) is 0 Å². The molecule has 1 N–H and O–H groups in total. The summed E-state index contributed by atoms with van der Waals surface area (Å²) in [4.78, 5) is 51.8. The molecule has 4 atom stereocenters. The second-order valence-corrected chi connectivity index (χ2v) is 11.9. The highest BCUT2D eigenvalue weighted by molar-refractivity contribution is 5.95. The van der Waals surface area contributed by atoms with Crippen molar-refractivity contribution in [3.63, 3.8) is 0 Å². The van der Waals surface area contributed by atoms with E-state index in [9.17, 15) is 24.3 Å². The molecule has 246 valence electrons. The van der Waals surface area contributed by atoms with Gasteiger partial charge in [-0.1, -0.05) is 88.4 Å². The number of carbonyl (C=O) groups excluding carboxylic acids is 4. The van der Waals surface area contributed by atoms with E-state index >= 15 is 0 Å². The third-order valence-corrected chi connectivity index (χ3v) is 7.96. The van der Waals surface area contributed by atoms with Crippen molar-refractivity contribution in [3.8, 4) is 0 Å². The molecule has 0 bridgehead atoms. The number of amides is 4. The number of nitrogens with zero attached hydrogens (tertiary/aromatic N) is 2. The number of benzene rings is 2. The van der Waals surface area contributed by atoms with Gasteiger partial charge in [0.25, 0.3) is 0 Å². The fourth-order valence-corrected chi connectivity index (χ4v) is 5.27. The van der Waals surface area contributed by atoms with Gasteiger partial charge in [0.05, 0.1) is 37.1 Å². The van der Waals surface area contributed by atoms with Gasteiger partial charge >= 0.3 is 12.2 Å². The van der Waals surface area contributed by atoms with Gasteiger partial charge in [0.2, 0.25) is 11.8 Å². The molecule has 2 aliphatic heterocycles. The standard InChI is InChI=1S/C18H25NO5.C16H21NO4/c1-13(2)16(11-23-12-22-3)17(20)19-15(10-24-18(19)21)9-14-7-5-4-6-8-14;1-11(2)14(9-18)15(19)17-13(10-21-16(17)20)8-12-6-4-3-5-7-12/h4-8,13,15-16H,9-12H2,1-3H3;3-7,11,13-14,18H,8-10H2,1-2H3/t15-,16-;13-,14-/m11/s1. The third kappa shape index (κ3) is 9.84. The molecule has 0 radical (unpaired) electrons. The first-order chi connectivity index (χ1) is 21.6. The number of aliphatic hydroxyl groups is 1. The van der Waals surface area contributed by atoms with E-state index < -0.39 is 24.0 Å². The topological polar surface area (TPSA) is 132 Å². The maximum Gasteiger partial charge on any atom is 0.416 e. The number of carbonyl (C=O) groups is 4. The first-order valence-electron chi connectivity index (χ1n) is 15.3. The maximum atomic E-state index is 12.9. The average molecular weight is 627 g/mol. The predicted octanol–water partition coefficient (Wildman–Crippen LogP) is 4.31. The van der Waals surface area contributed by atoms with Gasteiger partial charge in [-0.25, -0.2) is 19.4 Å². The highest BCUT2D eigenvalue weighted by atomic mass is 16.7. The number of imide groups is 2. The number of ether oxygens (including phenoxy) is 4. The van der Waals surface area contributed by atoms with Crippen molar-refractivity contribution in [2.75, 3.05) is 40.3 Å². The molecule has 2 aromatic carbocycles. The van der Waals surface area contributed by atoms with Crippen LogP contribution in [-0.2, 0) is 41.4 Å². The van der Waals surface area contributed by atoms with Crippen molar-refractivity contribution in [2.24, 2.45) is 23.7 Å². The van der Waals surface area contributed by atoms with Crippen LogP contribution in [0.1, 0.15) is 38.8 Å². The monoisotopic (exact) mass is 626 g/mol. The van der Waals surface area contributed by atoms with Crippen LogP contribution in [0.15, 0.2) is 60.7 Å². The smallest absolute Gasteiger partial charge is 0.416 e. The minimum Gasteiger partial charge on any atom is -0.447 e. The number of aliphatic hydroxyl groups excluding tert-OH is 1. The highest BCUT2D eigenvalue weighted by Gasteiger charge is 2.42. The molecule has 45 heavy (non-hydrogen) atoms. The fourth-order valence-electron chi connectivity index (χ4n) is 5.27. The summed E-state index contributed by atoms with van der Waals surface area (Å²) < 4.78 is 20.4. The van der Waals surface area contributed by atoms with Crippen LogP contribution in [-0.4, -0.2) is 91.3 Å². The number of methoxy groups -OCH3 is 1.